The quantitative estimate of drug-likeness (QED) is 0.355. The van der Waals surface area contributed by atoms with Crippen LogP contribution in [0.3, 0.4) is 0 Å². The smallest absolute Gasteiger partial charge is 0.305 e. The molecule has 29 heavy (non-hydrogen) atoms. The van der Waals surface area contributed by atoms with Crippen LogP contribution in [0.5, 0.6) is 0 Å². The molecule has 1 aliphatic rings. The number of carbonyl (C=O) groups is 4. The zero-order valence-corrected chi connectivity index (χ0v) is 17.6. The highest BCUT2D eigenvalue weighted by atomic mass is 16.6. The monoisotopic (exact) mass is 412 g/mol. The van der Waals surface area contributed by atoms with Gasteiger partial charge in [0, 0.05) is 38.1 Å². The number of aliphatic hydroxyl groups is 1. The van der Waals surface area contributed by atoms with Gasteiger partial charge in [-0.3, -0.25) is 24.1 Å². The van der Waals surface area contributed by atoms with Crippen LogP contribution in [0.25, 0.3) is 0 Å². The third kappa shape index (κ3) is 9.19. The van der Waals surface area contributed by atoms with E-state index in [0.717, 1.165) is 4.90 Å². The van der Waals surface area contributed by atoms with Crippen molar-refractivity contribution < 1.29 is 33.8 Å². The highest BCUT2D eigenvalue weighted by Crippen LogP contribution is 2.23. The SMILES string of the molecule is CC(COC(=O)CCCC(=O)NCCN1C(=O)C=CC1=O)OC(CO)C(C)(C)C. The summed E-state index contributed by atoms with van der Waals surface area (Å²) in [5.74, 6) is -1.47. The normalized spacial score (nSPS) is 16.1. The molecule has 9 heteroatoms. The van der Waals surface area contributed by atoms with Crippen molar-refractivity contribution in [1.29, 1.82) is 0 Å². The Hall–Kier alpha value is -2.26. The maximum Gasteiger partial charge on any atom is 0.305 e. The van der Waals surface area contributed by atoms with E-state index in [1.165, 1.54) is 12.2 Å². The molecule has 0 aromatic heterocycles. The molecule has 9 nitrogen and oxygen atoms in total. The molecule has 0 spiro atoms. The van der Waals surface area contributed by atoms with E-state index in [1.54, 1.807) is 6.92 Å². The van der Waals surface area contributed by atoms with Crippen molar-refractivity contribution in [2.24, 2.45) is 5.41 Å². The van der Waals surface area contributed by atoms with E-state index in [1.807, 2.05) is 20.8 Å². The lowest BCUT2D eigenvalue weighted by atomic mass is 9.89. The van der Waals surface area contributed by atoms with Gasteiger partial charge in [-0.15, -0.1) is 0 Å². The predicted octanol–water partition coefficient (Wildman–Crippen LogP) is 0.553. The lowest BCUT2D eigenvalue weighted by molar-refractivity contribution is -0.153. The fourth-order valence-electron chi connectivity index (χ4n) is 2.56. The predicted molar refractivity (Wildman–Crippen MR) is 105 cm³/mol. The van der Waals surface area contributed by atoms with Crippen LogP contribution in [0.2, 0.25) is 0 Å². The maximum atomic E-state index is 11.8. The summed E-state index contributed by atoms with van der Waals surface area (Å²) in [7, 11) is 0. The average Bonchev–Trinajstić information content (AvgIpc) is 2.95. The Bertz CT molecular complexity index is 607. The van der Waals surface area contributed by atoms with E-state index in [2.05, 4.69) is 5.32 Å². The van der Waals surface area contributed by atoms with Gasteiger partial charge in [0.25, 0.3) is 11.8 Å². The number of nitrogens with zero attached hydrogens (tertiary/aromatic N) is 1. The van der Waals surface area contributed by atoms with Crippen LogP contribution in [0.1, 0.15) is 47.0 Å². The number of aliphatic hydroxyl groups excluding tert-OH is 1. The summed E-state index contributed by atoms with van der Waals surface area (Å²) in [6.45, 7) is 7.86. The molecule has 0 saturated heterocycles. The van der Waals surface area contributed by atoms with Gasteiger partial charge in [0.2, 0.25) is 5.91 Å². The van der Waals surface area contributed by atoms with Crippen LogP contribution in [-0.2, 0) is 28.7 Å². The van der Waals surface area contributed by atoms with Crippen LogP contribution < -0.4 is 5.32 Å². The Morgan fingerprint density at radius 2 is 1.79 bits per heavy atom. The minimum atomic E-state index is -0.427. The molecule has 0 radical (unpaired) electrons. The lowest BCUT2D eigenvalue weighted by Gasteiger charge is -2.31. The second kappa shape index (κ2) is 11.7. The first-order chi connectivity index (χ1) is 13.5. The average molecular weight is 412 g/mol. The van der Waals surface area contributed by atoms with Crippen molar-refractivity contribution in [1.82, 2.24) is 10.2 Å². The Morgan fingerprint density at radius 1 is 1.17 bits per heavy atom. The summed E-state index contributed by atoms with van der Waals surface area (Å²) in [4.78, 5) is 47.4. The van der Waals surface area contributed by atoms with Gasteiger partial charge >= 0.3 is 5.97 Å². The number of imide groups is 1. The van der Waals surface area contributed by atoms with Crippen LogP contribution in [-0.4, -0.2) is 72.2 Å². The van der Waals surface area contributed by atoms with Gasteiger partial charge < -0.3 is 19.9 Å². The molecule has 164 valence electrons. The number of amides is 3. The molecule has 2 unspecified atom stereocenters. The molecule has 0 fully saturated rings. The van der Waals surface area contributed by atoms with Gasteiger partial charge in [-0.25, -0.2) is 0 Å². The lowest BCUT2D eigenvalue weighted by Crippen LogP contribution is -2.38. The van der Waals surface area contributed by atoms with Gasteiger partial charge in [-0.2, -0.15) is 0 Å². The van der Waals surface area contributed by atoms with Crippen molar-refractivity contribution in [3.63, 3.8) is 0 Å². The van der Waals surface area contributed by atoms with Crippen molar-refractivity contribution in [3.05, 3.63) is 12.2 Å². The van der Waals surface area contributed by atoms with Gasteiger partial charge in [0.1, 0.15) is 6.61 Å². The Labute approximate surface area is 171 Å². The number of carbonyl (C=O) groups excluding carboxylic acids is 4. The van der Waals surface area contributed by atoms with Crippen molar-refractivity contribution in [2.45, 2.75) is 59.2 Å². The third-order valence-electron chi connectivity index (χ3n) is 4.35. The topological polar surface area (TPSA) is 122 Å². The molecule has 2 atom stereocenters. The van der Waals surface area contributed by atoms with Crippen LogP contribution in [0.15, 0.2) is 12.2 Å². The van der Waals surface area contributed by atoms with Gasteiger partial charge in [-0.1, -0.05) is 20.8 Å². The number of esters is 1. The molecule has 0 aromatic rings. The Balaban J connectivity index is 2.14. The molecule has 0 aromatic carbocycles. The standard InChI is InChI=1S/C20H32N2O7/c1-14(29-15(12-23)20(2,3)4)13-28-19(27)7-5-6-16(24)21-10-11-22-17(25)8-9-18(22)26/h8-9,14-15,23H,5-7,10-13H2,1-4H3,(H,21,24). The fourth-order valence-corrected chi connectivity index (χ4v) is 2.56. The highest BCUT2D eigenvalue weighted by molar-refractivity contribution is 6.12. The van der Waals surface area contributed by atoms with E-state index >= 15 is 0 Å². The summed E-state index contributed by atoms with van der Waals surface area (Å²) >= 11 is 0. The molecule has 3 amide bonds. The number of rotatable bonds is 12. The van der Waals surface area contributed by atoms with E-state index in [0.29, 0.717) is 6.42 Å². The van der Waals surface area contributed by atoms with Crippen LogP contribution in [0.4, 0.5) is 0 Å². The maximum absolute atomic E-state index is 11.8. The molecule has 1 aliphatic heterocycles. The summed E-state index contributed by atoms with van der Waals surface area (Å²) in [6.07, 6.45) is 2.22. The first kappa shape index (κ1) is 24.8. The zero-order valence-electron chi connectivity index (χ0n) is 17.6. The molecule has 1 heterocycles. The van der Waals surface area contributed by atoms with Crippen molar-refractivity contribution in [3.8, 4) is 0 Å². The Kier molecular flexibility index (Phi) is 9.97. The Morgan fingerprint density at radius 3 is 2.34 bits per heavy atom. The van der Waals surface area contributed by atoms with Crippen molar-refractivity contribution in [2.75, 3.05) is 26.3 Å². The minimum absolute atomic E-state index is 0.0730. The van der Waals surface area contributed by atoms with E-state index in [4.69, 9.17) is 9.47 Å². The second-order valence-electron chi connectivity index (χ2n) is 8.03. The van der Waals surface area contributed by atoms with Crippen LogP contribution >= 0.6 is 0 Å². The summed E-state index contributed by atoms with van der Waals surface area (Å²) < 4.78 is 10.9. The van der Waals surface area contributed by atoms with Gasteiger partial charge in [0.15, 0.2) is 0 Å². The molecule has 0 saturated carbocycles. The van der Waals surface area contributed by atoms with E-state index < -0.39 is 17.8 Å². The van der Waals surface area contributed by atoms with Crippen LogP contribution in [0, 0.1) is 5.41 Å². The summed E-state index contributed by atoms with van der Waals surface area (Å²) in [5.41, 5.74) is -0.230. The fraction of sp³-hybridized carbons (Fsp3) is 0.700. The first-order valence-electron chi connectivity index (χ1n) is 9.76. The zero-order chi connectivity index (χ0) is 22.0. The number of hydrogen-bond acceptors (Lipinski definition) is 7. The molecule has 1 rings (SSSR count). The number of hydrogen-bond donors (Lipinski definition) is 2. The molecule has 2 N–H and O–H groups in total. The van der Waals surface area contributed by atoms with Crippen molar-refractivity contribution >= 4 is 23.7 Å². The highest BCUT2D eigenvalue weighted by Gasteiger charge is 2.27. The number of ether oxygens (including phenoxy) is 2. The summed E-state index contributed by atoms with van der Waals surface area (Å²) in [5, 5.41) is 12.0. The summed E-state index contributed by atoms with van der Waals surface area (Å²) in [6, 6.07) is 0. The minimum Gasteiger partial charge on any atom is -0.463 e. The van der Waals surface area contributed by atoms with Gasteiger partial charge in [0.05, 0.1) is 18.8 Å². The molecule has 0 bridgehead atoms. The van der Waals surface area contributed by atoms with Gasteiger partial charge in [-0.05, 0) is 18.8 Å². The molecular formula is C20H32N2O7. The van der Waals surface area contributed by atoms with E-state index in [-0.39, 0.29) is 62.7 Å². The molecule has 0 aliphatic carbocycles. The van der Waals surface area contributed by atoms with E-state index in [9.17, 15) is 24.3 Å². The third-order valence-corrected chi connectivity index (χ3v) is 4.35. The number of nitrogens with one attached hydrogen (secondary N) is 1. The largest absolute Gasteiger partial charge is 0.463 e. The second-order valence-corrected chi connectivity index (χ2v) is 8.03. The first-order valence-corrected chi connectivity index (χ1v) is 9.76. The molecular weight excluding hydrogens is 380 g/mol.